The Morgan fingerprint density at radius 2 is 1.82 bits per heavy atom. The van der Waals surface area contributed by atoms with Gasteiger partial charge < -0.3 is 10.1 Å². The number of rotatable bonds is 5. The van der Waals surface area contributed by atoms with Crippen LogP contribution in [-0.4, -0.2) is 22.8 Å². The van der Waals surface area contributed by atoms with E-state index in [9.17, 15) is 22.4 Å². The summed E-state index contributed by atoms with van der Waals surface area (Å²) >= 11 is 0. The SMILES string of the molecule is COc1cc2nn([C@H]3CC[C@H](C(C)C)CC3)cc2cc1NC(=O)c1cc(F)cc(C(F)(F)F)c1. The highest BCUT2D eigenvalue weighted by molar-refractivity contribution is 6.06. The average molecular weight is 478 g/mol. The summed E-state index contributed by atoms with van der Waals surface area (Å²) in [4.78, 5) is 12.7. The van der Waals surface area contributed by atoms with Crippen molar-refractivity contribution in [1.29, 1.82) is 0 Å². The smallest absolute Gasteiger partial charge is 0.416 e. The fraction of sp³-hybridized carbons (Fsp3) is 0.440. The van der Waals surface area contributed by atoms with Crippen LogP contribution in [0.15, 0.2) is 36.5 Å². The van der Waals surface area contributed by atoms with Crippen molar-refractivity contribution in [2.45, 2.75) is 51.7 Å². The van der Waals surface area contributed by atoms with Crippen LogP contribution in [0.25, 0.3) is 10.9 Å². The van der Waals surface area contributed by atoms with Crippen molar-refractivity contribution < 1.29 is 27.1 Å². The fourth-order valence-electron chi connectivity index (χ4n) is 4.64. The number of benzene rings is 2. The van der Waals surface area contributed by atoms with Crippen molar-refractivity contribution in [3.63, 3.8) is 0 Å². The molecule has 0 spiro atoms. The number of amides is 1. The molecule has 0 aliphatic heterocycles. The van der Waals surface area contributed by atoms with Crippen LogP contribution < -0.4 is 10.1 Å². The van der Waals surface area contributed by atoms with E-state index in [-0.39, 0.29) is 5.69 Å². The topological polar surface area (TPSA) is 56.1 Å². The van der Waals surface area contributed by atoms with Crippen molar-refractivity contribution in [2.75, 3.05) is 12.4 Å². The number of aromatic nitrogens is 2. The summed E-state index contributed by atoms with van der Waals surface area (Å²) in [7, 11) is 1.42. The van der Waals surface area contributed by atoms with E-state index >= 15 is 0 Å². The monoisotopic (exact) mass is 477 g/mol. The number of hydrogen-bond acceptors (Lipinski definition) is 3. The van der Waals surface area contributed by atoms with Crippen LogP contribution in [0.3, 0.4) is 0 Å². The molecule has 34 heavy (non-hydrogen) atoms. The van der Waals surface area contributed by atoms with Crippen molar-refractivity contribution >= 4 is 22.5 Å². The number of hydrogen-bond donors (Lipinski definition) is 1. The largest absolute Gasteiger partial charge is 0.494 e. The molecular weight excluding hydrogens is 450 g/mol. The van der Waals surface area contributed by atoms with Crippen LogP contribution in [0.2, 0.25) is 0 Å². The molecule has 2 aromatic carbocycles. The molecule has 0 radical (unpaired) electrons. The lowest BCUT2D eigenvalue weighted by atomic mass is 9.80. The Labute approximate surface area is 195 Å². The number of carbonyl (C=O) groups is 1. The normalized spacial score (nSPS) is 18.9. The van der Waals surface area contributed by atoms with Crippen LogP contribution in [-0.2, 0) is 6.18 Å². The van der Waals surface area contributed by atoms with Gasteiger partial charge in [-0.2, -0.15) is 18.3 Å². The molecule has 1 aliphatic carbocycles. The van der Waals surface area contributed by atoms with Crippen molar-refractivity contribution in [1.82, 2.24) is 9.78 Å². The number of alkyl halides is 3. The number of methoxy groups -OCH3 is 1. The number of halogens is 4. The van der Waals surface area contributed by atoms with E-state index in [2.05, 4.69) is 19.2 Å². The first kappa shape index (κ1) is 24.0. The summed E-state index contributed by atoms with van der Waals surface area (Å²) in [5, 5.41) is 8.00. The van der Waals surface area contributed by atoms with Crippen molar-refractivity contribution in [2.24, 2.45) is 11.8 Å². The van der Waals surface area contributed by atoms with Gasteiger partial charge in [0.25, 0.3) is 5.91 Å². The molecule has 1 N–H and O–H groups in total. The number of anilines is 1. The van der Waals surface area contributed by atoms with Crippen LogP contribution in [0.1, 0.15) is 61.5 Å². The zero-order chi connectivity index (χ0) is 24.6. The molecule has 1 fully saturated rings. The molecule has 1 heterocycles. The second-order valence-electron chi connectivity index (χ2n) is 9.21. The minimum atomic E-state index is -4.77. The number of nitrogens with zero attached hydrogens (tertiary/aromatic N) is 2. The number of fused-ring (bicyclic) bond motifs is 1. The number of ether oxygens (including phenoxy) is 1. The lowest BCUT2D eigenvalue weighted by Crippen LogP contribution is -2.21. The molecule has 1 saturated carbocycles. The molecule has 0 saturated heterocycles. The zero-order valence-electron chi connectivity index (χ0n) is 19.2. The molecule has 4 rings (SSSR count). The average Bonchev–Trinajstić information content (AvgIpc) is 3.20. The van der Waals surface area contributed by atoms with E-state index in [1.807, 2.05) is 10.9 Å². The molecule has 9 heteroatoms. The van der Waals surface area contributed by atoms with Gasteiger partial charge in [-0.15, -0.1) is 0 Å². The molecule has 3 aromatic rings. The van der Waals surface area contributed by atoms with Crippen LogP contribution >= 0.6 is 0 Å². The quantitative estimate of drug-likeness (QED) is 0.409. The first-order valence-corrected chi connectivity index (χ1v) is 11.3. The Morgan fingerprint density at radius 3 is 2.44 bits per heavy atom. The third-order valence-corrected chi connectivity index (χ3v) is 6.64. The number of nitrogens with one attached hydrogen (secondary N) is 1. The third kappa shape index (κ3) is 5.03. The van der Waals surface area contributed by atoms with E-state index < -0.39 is 29.0 Å². The lowest BCUT2D eigenvalue weighted by Gasteiger charge is -2.30. The van der Waals surface area contributed by atoms with Gasteiger partial charge in [-0.1, -0.05) is 13.8 Å². The van der Waals surface area contributed by atoms with Gasteiger partial charge in [-0.25, -0.2) is 4.39 Å². The van der Waals surface area contributed by atoms with Gasteiger partial charge in [0.2, 0.25) is 0 Å². The van der Waals surface area contributed by atoms with E-state index in [1.165, 1.54) is 7.11 Å². The summed E-state index contributed by atoms with van der Waals surface area (Å²) in [6, 6.07) is 5.37. The third-order valence-electron chi connectivity index (χ3n) is 6.64. The van der Waals surface area contributed by atoms with E-state index in [0.29, 0.717) is 35.4 Å². The van der Waals surface area contributed by atoms with E-state index in [0.717, 1.165) is 43.1 Å². The molecular formula is C25H27F4N3O2. The number of carbonyl (C=O) groups excluding carboxylic acids is 1. The summed E-state index contributed by atoms with van der Waals surface area (Å²) in [6.45, 7) is 4.51. The second-order valence-corrected chi connectivity index (χ2v) is 9.21. The standard InChI is InChI=1S/C25H27F4N3O2/c1-14(2)15-4-6-20(7-5-15)32-13-17-10-22(23(34-3)12-21(17)31-32)30-24(33)16-8-18(25(27,28)29)11-19(26)9-16/h8-15,20H,4-7H2,1-3H3,(H,30,33)/t15-,20-. The van der Waals surface area contributed by atoms with Crippen LogP contribution in [0.5, 0.6) is 5.75 Å². The predicted octanol–water partition coefficient (Wildman–Crippen LogP) is 6.84. The molecule has 0 atom stereocenters. The van der Waals surface area contributed by atoms with Gasteiger partial charge in [0.15, 0.2) is 0 Å². The van der Waals surface area contributed by atoms with Crippen LogP contribution in [0.4, 0.5) is 23.2 Å². The van der Waals surface area contributed by atoms with Crippen molar-refractivity contribution in [3.8, 4) is 5.75 Å². The van der Waals surface area contributed by atoms with Gasteiger partial charge in [-0.3, -0.25) is 9.48 Å². The first-order valence-electron chi connectivity index (χ1n) is 11.3. The van der Waals surface area contributed by atoms with Crippen LogP contribution in [0, 0.1) is 17.7 Å². The molecule has 1 amide bonds. The Hall–Kier alpha value is -3.10. The maximum atomic E-state index is 13.7. The van der Waals surface area contributed by atoms with Gasteiger partial charge in [0.1, 0.15) is 11.6 Å². The Bertz CT molecular complexity index is 1190. The van der Waals surface area contributed by atoms with Gasteiger partial charge in [-0.05, 0) is 61.8 Å². The lowest BCUT2D eigenvalue weighted by molar-refractivity contribution is -0.137. The van der Waals surface area contributed by atoms with Crippen molar-refractivity contribution in [3.05, 3.63) is 53.5 Å². The summed E-state index contributed by atoms with van der Waals surface area (Å²) in [5.74, 6) is -0.317. The molecule has 5 nitrogen and oxygen atoms in total. The summed E-state index contributed by atoms with van der Waals surface area (Å²) < 4.78 is 60.1. The Kier molecular flexibility index (Phi) is 6.55. The molecule has 1 aliphatic rings. The van der Waals surface area contributed by atoms with Gasteiger partial charge >= 0.3 is 6.18 Å². The van der Waals surface area contributed by atoms with Gasteiger partial charge in [0, 0.05) is 23.2 Å². The van der Waals surface area contributed by atoms with Gasteiger partial charge in [0.05, 0.1) is 29.9 Å². The maximum Gasteiger partial charge on any atom is 0.416 e. The summed E-state index contributed by atoms with van der Waals surface area (Å²) in [6.07, 6.45) is 1.52. The van der Waals surface area contributed by atoms with E-state index in [1.54, 1.807) is 12.1 Å². The first-order chi connectivity index (χ1) is 16.0. The molecule has 182 valence electrons. The molecule has 0 unspecified atom stereocenters. The Morgan fingerprint density at radius 1 is 1.12 bits per heavy atom. The molecule has 0 bridgehead atoms. The highest BCUT2D eigenvalue weighted by Crippen LogP contribution is 2.37. The minimum Gasteiger partial charge on any atom is -0.494 e. The fourth-order valence-corrected chi connectivity index (χ4v) is 4.64. The predicted molar refractivity (Wildman–Crippen MR) is 121 cm³/mol. The highest BCUT2D eigenvalue weighted by atomic mass is 19.4. The zero-order valence-corrected chi connectivity index (χ0v) is 19.2. The second kappa shape index (κ2) is 9.27. The maximum absolute atomic E-state index is 13.7. The Balaban J connectivity index is 1.58. The van der Waals surface area contributed by atoms with E-state index in [4.69, 9.17) is 9.84 Å². The highest BCUT2D eigenvalue weighted by Gasteiger charge is 2.32. The molecule has 1 aromatic heterocycles. The summed E-state index contributed by atoms with van der Waals surface area (Å²) in [5.41, 5.74) is -0.715. The minimum absolute atomic E-state index is 0.265.